The lowest BCUT2D eigenvalue weighted by Gasteiger charge is -2.12. The Hall–Kier alpha value is -0.780. The van der Waals surface area contributed by atoms with Crippen molar-refractivity contribution in [2.45, 2.75) is 25.8 Å². The normalized spacial score (nSPS) is 14.5. The van der Waals surface area contributed by atoms with Crippen molar-refractivity contribution in [1.82, 2.24) is 0 Å². The number of carboxylic acids is 1. The lowest BCUT2D eigenvalue weighted by molar-refractivity contribution is -0.340. The van der Waals surface area contributed by atoms with Gasteiger partial charge in [-0.2, -0.15) is 0 Å². The smallest absolute Gasteiger partial charge is 0.481 e. The Morgan fingerprint density at radius 1 is 1.64 bits per heavy atom. The summed E-state index contributed by atoms with van der Waals surface area (Å²) in [4.78, 5) is 9.85. The van der Waals surface area contributed by atoms with E-state index < -0.39 is 24.9 Å². The Kier molecular flexibility index (Phi) is 3.31. The first-order valence-electron chi connectivity index (χ1n) is 2.77. The number of carbonyl (C=O) groups is 1. The van der Waals surface area contributed by atoms with Crippen LogP contribution in [0.3, 0.4) is 0 Å². The van der Waals surface area contributed by atoms with Crippen molar-refractivity contribution in [3.05, 3.63) is 0 Å². The quantitative estimate of drug-likeness (QED) is 0.699. The van der Waals surface area contributed by atoms with Gasteiger partial charge in [0.25, 0.3) is 0 Å². The molecule has 0 aliphatic heterocycles. The van der Waals surface area contributed by atoms with Crippen molar-refractivity contribution in [3.63, 3.8) is 0 Å². The van der Waals surface area contributed by atoms with Gasteiger partial charge in [-0.05, 0) is 6.92 Å². The van der Waals surface area contributed by atoms with E-state index in [9.17, 15) is 18.0 Å². The molecular weight excluding hydrogens is 165 g/mol. The standard InChI is InChI=1S/C5H7F3O3/c1-3(2-4(9)10)11-5(6,7)8/h3H,2H2,1H3,(H,9,10). The van der Waals surface area contributed by atoms with E-state index in [2.05, 4.69) is 4.74 Å². The van der Waals surface area contributed by atoms with Crippen molar-refractivity contribution < 1.29 is 27.8 Å². The molecule has 6 heteroatoms. The van der Waals surface area contributed by atoms with Gasteiger partial charge in [0.05, 0.1) is 12.5 Å². The van der Waals surface area contributed by atoms with Gasteiger partial charge in [0.15, 0.2) is 0 Å². The summed E-state index contributed by atoms with van der Waals surface area (Å²) in [6, 6.07) is 0. The van der Waals surface area contributed by atoms with Gasteiger partial charge in [-0.15, -0.1) is 13.2 Å². The van der Waals surface area contributed by atoms with Gasteiger partial charge in [-0.25, -0.2) is 0 Å². The van der Waals surface area contributed by atoms with E-state index in [1.54, 1.807) is 0 Å². The Balaban J connectivity index is 3.69. The summed E-state index contributed by atoms with van der Waals surface area (Å²) in [6.45, 7) is 1.04. The van der Waals surface area contributed by atoms with Crippen LogP contribution < -0.4 is 0 Å². The molecule has 1 N–H and O–H groups in total. The molecule has 0 rings (SSSR count). The largest absolute Gasteiger partial charge is 0.522 e. The Morgan fingerprint density at radius 2 is 2.09 bits per heavy atom. The summed E-state index contributed by atoms with van der Waals surface area (Å²) in [5, 5.41) is 8.03. The summed E-state index contributed by atoms with van der Waals surface area (Å²) in [5.41, 5.74) is 0. The number of aliphatic carboxylic acids is 1. The van der Waals surface area contributed by atoms with Crippen molar-refractivity contribution in [2.75, 3.05) is 0 Å². The lowest BCUT2D eigenvalue weighted by Crippen LogP contribution is -2.23. The van der Waals surface area contributed by atoms with Crippen molar-refractivity contribution in [3.8, 4) is 0 Å². The van der Waals surface area contributed by atoms with Crippen LogP contribution in [0.25, 0.3) is 0 Å². The first-order chi connectivity index (χ1) is 4.81. The molecule has 66 valence electrons. The minimum Gasteiger partial charge on any atom is -0.481 e. The summed E-state index contributed by atoms with van der Waals surface area (Å²) in [7, 11) is 0. The van der Waals surface area contributed by atoms with Gasteiger partial charge in [0, 0.05) is 0 Å². The third-order valence-corrected chi connectivity index (χ3v) is 0.797. The summed E-state index contributed by atoms with van der Waals surface area (Å²) in [5.74, 6) is -1.32. The average Bonchev–Trinajstić information content (AvgIpc) is 1.53. The van der Waals surface area contributed by atoms with E-state index in [1.807, 2.05) is 0 Å². The highest BCUT2D eigenvalue weighted by Gasteiger charge is 2.32. The monoisotopic (exact) mass is 172 g/mol. The molecule has 0 aliphatic carbocycles. The topological polar surface area (TPSA) is 46.5 Å². The van der Waals surface area contributed by atoms with Crippen LogP contribution in [0, 0.1) is 0 Å². The maximum atomic E-state index is 11.3. The zero-order chi connectivity index (χ0) is 9.07. The molecule has 0 saturated carbocycles. The van der Waals surface area contributed by atoms with Gasteiger partial charge in [0.2, 0.25) is 0 Å². The summed E-state index contributed by atoms with van der Waals surface area (Å²) < 4.78 is 37.4. The third kappa shape index (κ3) is 7.11. The predicted octanol–water partition coefficient (Wildman–Crippen LogP) is 1.39. The molecule has 0 amide bonds. The van der Waals surface area contributed by atoms with Crippen LogP contribution in [0.2, 0.25) is 0 Å². The van der Waals surface area contributed by atoms with E-state index in [1.165, 1.54) is 0 Å². The molecule has 0 heterocycles. The highest BCUT2D eigenvalue weighted by atomic mass is 19.4. The fourth-order valence-corrected chi connectivity index (χ4v) is 0.516. The first kappa shape index (κ1) is 10.2. The second kappa shape index (κ2) is 3.56. The van der Waals surface area contributed by atoms with Crippen molar-refractivity contribution >= 4 is 5.97 Å². The van der Waals surface area contributed by atoms with E-state index in [-0.39, 0.29) is 0 Å². The summed E-state index contributed by atoms with van der Waals surface area (Å²) >= 11 is 0. The van der Waals surface area contributed by atoms with E-state index in [4.69, 9.17) is 5.11 Å². The maximum Gasteiger partial charge on any atom is 0.522 e. The zero-order valence-electron chi connectivity index (χ0n) is 5.68. The van der Waals surface area contributed by atoms with Crippen LogP contribution in [-0.2, 0) is 9.53 Å². The number of carboxylic acid groups (broad SMARTS) is 1. The number of hydrogen-bond acceptors (Lipinski definition) is 2. The molecule has 1 atom stereocenters. The first-order valence-corrected chi connectivity index (χ1v) is 2.77. The van der Waals surface area contributed by atoms with Crippen LogP contribution in [0.15, 0.2) is 0 Å². The van der Waals surface area contributed by atoms with Crippen LogP contribution in [0.5, 0.6) is 0 Å². The van der Waals surface area contributed by atoms with Gasteiger partial charge < -0.3 is 5.11 Å². The van der Waals surface area contributed by atoms with Crippen molar-refractivity contribution in [2.24, 2.45) is 0 Å². The zero-order valence-corrected chi connectivity index (χ0v) is 5.68. The SMILES string of the molecule is CC(CC(=O)O)OC(F)(F)F. The Morgan fingerprint density at radius 3 is 2.36 bits per heavy atom. The molecule has 1 unspecified atom stereocenters. The molecule has 0 spiro atoms. The molecule has 0 radical (unpaired) electrons. The molecule has 0 fully saturated rings. The van der Waals surface area contributed by atoms with Crippen LogP contribution in [0.4, 0.5) is 13.2 Å². The number of alkyl halides is 3. The Labute approximate surface area is 60.8 Å². The van der Waals surface area contributed by atoms with Crippen LogP contribution in [0.1, 0.15) is 13.3 Å². The third-order valence-electron chi connectivity index (χ3n) is 0.797. The van der Waals surface area contributed by atoms with E-state index in [0.29, 0.717) is 0 Å². The molecule has 0 bridgehead atoms. The molecule has 0 aliphatic rings. The Bertz CT molecular complexity index is 142. The predicted molar refractivity (Wildman–Crippen MR) is 28.9 cm³/mol. The van der Waals surface area contributed by atoms with Gasteiger partial charge >= 0.3 is 12.3 Å². The van der Waals surface area contributed by atoms with Gasteiger partial charge in [-0.1, -0.05) is 0 Å². The minimum absolute atomic E-state index is 0.653. The van der Waals surface area contributed by atoms with E-state index in [0.717, 1.165) is 6.92 Å². The van der Waals surface area contributed by atoms with Crippen molar-refractivity contribution in [1.29, 1.82) is 0 Å². The fourth-order valence-electron chi connectivity index (χ4n) is 0.516. The number of hydrogen-bond donors (Lipinski definition) is 1. The minimum atomic E-state index is -4.76. The summed E-state index contributed by atoms with van der Waals surface area (Å²) in [6.07, 6.45) is -6.75. The molecule has 0 aromatic carbocycles. The molecule has 0 aromatic rings. The van der Waals surface area contributed by atoms with Gasteiger partial charge in [-0.3, -0.25) is 9.53 Å². The maximum absolute atomic E-state index is 11.3. The second-order valence-electron chi connectivity index (χ2n) is 1.97. The highest BCUT2D eigenvalue weighted by molar-refractivity contribution is 5.67. The fraction of sp³-hybridized carbons (Fsp3) is 0.800. The van der Waals surface area contributed by atoms with Gasteiger partial charge in [0.1, 0.15) is 0 Å². The van der Waals surface area contributed by atoms with Crippen LogP contribution >= 0.6 is 0 Å². The molecule has 0 aromatic heterocycles. The number of ether oxygens (including phenoxy) is 1. The number of rotatable bonds is 3. The molecular formula is C5H7F3O3. The van der Waals surface area contributed by atoms with E-state index >= 15 is 0 Å². The molecule has 0 saturated heterocycles. The molecule has 3 nitrogen and oxygen atoms in total. The van der Waals surface area contributed by atoms with Crippen LogP contribution in [-0.4, -0.2) is 23.5 Å². The highest BCUT2D eigenvalue weighted by Crippen LogP contribution is 2.19. The number of halogens is 3. The lowest BCUT2D eigenvalue weighted by atomic mass is 10.3. The average molecular weight is 172 g/mol. The molecule has 11 heavy (non-hydrogen) atoms. The second-order valence-corrected chi connectivity index (χ2v) is 1.97.